The molecule has 4 rings (SSSR count). The van der Waals surface area contributed by atoms with Crippen molar-refractivity contribution in [2.75, 3.05) is 25.6 Å². The third-order valence-electron chi connectivity index (χ3n) is 4.48. The summed E-state index contributed by atoms with van der Waals surface area (Å²) >= 11 is 0. The Labute approximate surface area is 162 Å². The average Bonchev–Trinajstić information content (AvgIpc) is 3.37. The van der Waals surface area contributed by atoms with Crippen molar-refractivity contribution < 1.29 is 13.7 Å². The average molecular weight is 379 g/mol. The number of hydrogen-bond donors (Lipinski definition) is 2. The molecule has 4 heterocycles. The highest BCUT2D eigenvalue weighted by molar-refractivity contribution is 5.70. The van der Waals surface area contributed by atoms with Crippen LogP contribution >= 0.6 is 0 Å². The molecule has 8 nitrogen and oxygen atoms in total. The van der Waals surface area contributed by atoms with E-state index in [0.29, 0.717) is 12.6 Å². The molecule has 0 aromatic carbocycles. The maximum atomic E-state index is 5.59. The molecule has 0 unspecified atom stereocenters. The first-order chi connectivity index (χ1) is 13.8. The predicted molar refractivity (Wildman–Crippen MR) is 105 cm³/mol. The van der Waals surface area contributed by atoms with Crippen LogP contribution in [0.15, 0.2) is 53.5 Å². The zero-order valence-corrected chi connectivity index (χ0v) is 15.8. The SMILES string of the molecule is COCCC[n+]1c(-c2ccco2)[nH]c2cnc(NCCc3ccncc3)nc21. The quantitative estimate of drug-likeness (QED) is 0.343. The van der Waals surface area contributed by atoms with Crippen molar-refractivity contribution in [3.63, 3.8) is 0 Å². The van der Waals surface area contributed by atoms with Crippen LogP contribution in [0.5, 0.6) is 0 Å². The highest BCUT2D eigenvalue weighted by Crippen LogP contribution is 2.19. The van der Waals surface area contributed by atoms with Crippen LogP contribution in [0.25, 0.3) is 22.7 Å². The number of nitrogens with zero attached hydrogens (tertiary/aromatic N) is 4. The Hall–Kier alpha value is -3.26. The van der Waals surface area contributed by atoms with Gasteiger partial charge in [0, 0.05) is 39.1 Å². The van der Waals surface area contributed by atoms with Gasteiger partial charge in [-0.1, -0.05) is 4.98 Å². The van der Waals surface area contributed by atoms with E-state index >= 15 is 0 Å². The molecule has 0 amide bonds. The summed E-state index contributed by atoms with van der Waals surface area (Å²) in [4.78, 5) is 16.6. The van der Waals surface area contributed by atoms with Crippen molar-refractivity contribution in [2.45, 2.75) is 19.4 Å². The fourth-order valence-electron chi connectivity index (χ4n) is 3.11. The van der Waals surface area contributed by atoms with E-state index in [4.69, 9.17) is 14.1 Å². The highest BCUT2D eigenvalue weighted by Gasteiger charge is 2.23. The second-order valence-corrected chi connectivity index (χ2v) is 6.41. The Morgan fingerprint density at radius 3 is 2.93 bits per heavy atom. The van der Waals surface area contributed by atoms with Crippen molar-refractivity contribution in [2.24, 2.45) is 0 Å². The Kier molecular flexibility index (Phi) is 5.58. The molecule has 144 valence electrons. The van der Waals surface area contributed by atoms with Gasteiger partial charge in [-0.25, -0.2) is 9.55 Å². The number of furan rings is 1. The molecule has 0 spiro atoms. The third-order valence-corrected chi connectivity index (χ3v) is 4.48. The third kappa shape index (κ3) is 4.01. The lowest BCUT2D eigenvalue weighted by Gasteiger charge is -2.03. The van der Waals surface area contributed by atoms with Crippen molar-refractivity contribution >= 4 is 17.1 Å². The topological polar surface area (TPSA) is 92.7 Å². The van der Waals surface area contributed by atoms with E-state index in [1.54, 1.807) is 32.0 Å². The number of fused-ring (bicyclic) bond motifs is 1. The lowest BCUT2D eigenvalue weighted by molar-refractivity contribution is -0.663. The molecule has 0 aliphatic carbocycles. The summed E-state index contributed by atoms with van der Waals surface area (Å²) in [6, 6.07) is 7.82. The van der Waals surface area contributed by atoms with Gasteiger partial charge >= 0.3 is 11.6 Å². The number of H-pyrrole nitrogens is 1. The van der Waals surface area contributed by atoms with E-state index < -0.39 is 0 Å². The normalized spacial score (nSPS) is 11.2. The second kappa shape index (κ2) is 8.62. The van der Waals surface area contributed by atoms with E-state index in [1.807, 2.05) is 24.3 Å². The Morgan fingerprint density at radius 2 is 2.14 bits per heavy atom. The summed E-state index contributed by atoms with van der Waals surface area (Å²) in [6.07, 6.45) is 8.82. The van der Waals surface area contributed by atoms with Gasteiger partial charge in [-0.2, -0.15) is 0 Å². The minimum atomic E-state index is 0.604. The molecule has 4 aromatic rings. The summed E-state index contributed by atoms with van der Waals surface area (Å²) in [5, 5.41) is 3.31. The predicted octanol–water partition coefficient (Wildman–Crippen LogP) is 2.59. The number of aromatic amines is 1. The van der Waals surface area contributed by atoms with E-state index in [9.17, 15) is 0 Å². The van der Waals surface area contributed by atoms with Crippen molar-refractivity contribution in [1.82, 2.24) is 19.9 Å². The number of aryl methyl sites for hydroxylation is 1. The molecule has 4 aromatic heterocycles. The lowest BCUT2D eigenvalue weighted by atomic mass is 10.2. The van der Waals surface area contributed by atoms with Crippen molar-refractivity contribution in [3.8, 4) is 11.6 Å². The lowest BCUT2D eigenvalue weighted by Crippen LogP contribution is -2.36. The van der Waals surface area contributed by atoms with E-state index in [1.165, 1.54) is 5.56 Å². The Morgan fingerprint density at radius 1 is 1.25 bits per heavy atom. The summed E-state index contributed by atoms with van der Waals surface area (Å²) < 4.78 is 12.9. The number of imidazole rings is 1. The maximum absolute atomic E-state index is 5.59. The molecular formula is C20H23N6O2+. The molecule has 0 saturated heterocycles. The monoisotopic (exact) mass is 379 g/mol. The minimum absolute atomic E-state index is 0.604. The second-order valence-electron chi connectivity index (χ2n) is 6.41. The fraction of sp³-hybridized carbons (Fsp3) is 0.300. The molecule has 0 bridgehead atoms. The number of ether oxygens (including phenoxy) is 1. The van der Waals surface area contributed by atoms with Crippen LogP contribution in [-0.2, 0) is 17.7 Å². The summed E-state index contributed by atoms with van der Waals surface area (Å²) in [5.41, 5.74) is 2.92. The number of pyridine rings is 1. The van der Waals surface area contributed by atoms with Crippen molar-refractivity contribution in [1.29, 1.82) is 0 Å². The molecule has 0 aliphatic rings. The van der Waals surface area contributed by atoms with Gasteiger partial charge in [0.2, 0.25) is 0 Å². The number of aromatic nitrogens is 5. The van der Waals surface area contributed by atoms with Gasteiger partial charge < -0.3 is 14.5 Å². The van der Waals surface area contributed by atoms with Crippen LogP contribution in [0.1, 0.15) is 12.0 Å². The maximum Gasteiger partial charge on any atom is 0.307 e. The summed E-state index contributed by atoms with van der Waals surface area (Å²) in [5.74, 6) is 2.24. The van der Waals surface area contributed by atoms with E-state index in [2.05, 4.69) is 24.8 Å². The van der Waals surface area contributed by atoms with Gasteiger partial charge in [0.25, 0.3) is 5.82 Å². The van der Waals surface area contributed by atoms with Crippen LogP contribution in [0.2, 0.25) is 0 Å². The molecule has 0 saturated carbocycles. The molecule has 0 fully saturated rings. The van der Waals surface area contributed by atoms with Gasteiger partial charge in [0.15, 0.2) is 11.3 Å². The number of anilines is 1. The van der Waals surface area contributed by atoms with Gasteiger partial charge in [0.05, 0.1) is 19.0 Å². The largest absolute Gasteiger partial charge is 0.458 e. The van der Waals surface area contributed by atoms with Crippen LogP contribution in [0.4, 0.5) is 5.95 Å². The zero-order valence-electron chi connectivity index (χ0n) is 15.8. The first kappa shape index (κ1) is 18.1. The van der Waals surface area contributed by atoms with Gasteiger partial charge in [-0.05, 0) is 36.2 Å². The molecule has 0 aliphatic heterocycles. The fourth-order valence-corrected chi connectivity index (χ4v) is 3.11. The highest BCUT2D eigenvalue weighted by atomic mass is 16.5. The zero-order chi connectivity index (χ0) is 19.2. The Bertz CT molecular complexity index is 1010. The van der Waals surface area contributed by atoms with E-state index in [0.717, 1.165) is 48.7 Å². The van der Waals surface area contributed by atoms with Gasteiger partial charge in [-0.3, -0.25) is 9.97 Å². The number of methoxy groups -OCH3 is 1. The molecule has 0 radical (unpaired) electrons. The van der Waals surface area contributed by atoms with Crippen LogP contribution in [0, 0.1) is 0 Å². The molecule has 2 N–H and O–H groups in total. The molecule has 8 heteroatoms. The molecule has 28 heavy (non-hydrogen) atoms. The minimum Gasteiger partial charge on any atom is -0.458 e. The van der Waals surface area contributed by atoms with Crippen LogP contribution < -0.4 is 9.88 Å². The summed E-state index contributed by atoms with van der Waals surface area (Å²) in [7, 11) is 1.71. The first-order valence-corrected chi connectivity index (χ1v) is 9.29. The first-order valence-electron chi connectivity index (χ1n) is 9.29. The van der Waals surface area contributed by atoms with Crippen molar-refractivity contribution in [3.05, 3.63) is 54.7 Å². The molecular weight excluding hydrogens is 356 g/mol. The van der Waals surface area contributed by atoms with Gasteiger partial charge in [-0.15, -0.1) is 0 Å². The molecule has 0 atom stereocenters. The number of nitrogens with one attached hydrogen (secondary N) is 2. The number of hydrogen-bond acceptors (Lipinski definition) is 6. The van der Waals surface area contributed by atoms with E-state index in [-0.39, 0.29) is 0 Å². The van der Waals surface area contributed by atoms with Gasteiger partial charge in [0.1, 0.15) is 0 Å². The van der Waals surface area contributed by atoms with Crippen LogP contribution in [0.3, 0.4) is 0 Å². The van der Waals surface area contributed by atoms with Crippen LogP contribution in [-0.4, -0.2) is 40.2 Å². The standard InChI is InChI=1S/C20H22N6O2/c1-27-12-3-11-26-18-16(24-19(26)17-4-2-13-28-17)14-23-20(25-18)22-10-7-15-5-8-21-9-6-15/h2,4-6,8-9,13-14H,3,7,10-12H2,1H3,(H,22,23,25)/p+1. The Balaban J connectivity index is 1.57. The summed E-state index contributed by atoms with van der Waals surface area (Å²) in [6.45, 7) is 2.19. The number of rotatable bonds is 9. The smallest absolute Gasteiger partial charge is 0.307 e.